The molecule has 1 aliphatic rings. The molecule has 0 spiro atoms. The predicted octanol–water partition coefficient (Wildman–Crippen LogP) is 3.52. The number of nitrogens with zero attached hydrogens (tertiary/aromatic N) is 2. The Morgan fingerprint density at radius 3 is 2.69 bits per heavy atom. The van der Waals surface area contributed by atoms with E-state index < -0.39 is 0 Å². The van der Waals surface area contributed by atoms with Crippen molar-refractivity contribution in [2.45, 2.75) is 39.3 Å². The van der Waals surface area contributed by atoms with E-state index in [1.54, 1.807) is 0 Å². The van der Waals surface area contributed by atoms with E-state index in [4.69, 9.17) is 4.52 Å². The number of para-hydroxylation sites is 1. The van der Waals surface area contributed by atoms with Crippen LogP contribution >= 0.6 is 0 Å². The lowest BCUT2D eigenvalue weighted by atomic mass is 9.57. The van der Waals surface area contributed by atoms with Gasteiger partial charge in [-0.15, -0.1) is 0 Å². The van der Waals surface area contributed by atoms with Crippen molar-refractivity contribution < 1.29 is 9.32 Å². The molecule has 2 unspecified atom stereocenters. The van der Waals surface area contributed by atoms with Gasteiger partial charge in [-0.1, -0.05) is 37.2 Å². The van der Waals surface area contributed by atoms with Gasteiger partial charge in [0, 0.05) is 17.8 Å². The van der Waals surface area contributed by atoms with Gasteiger partial charge in [0.15, 0.2) is 5.76 Å². The molecule has 6 nitrogen and oxygen atoms in total. The molecule has 3 rings (SSSR count). The number of anilines is 1. The second kappa shape index (κ2) is 7.50. The summed E-state index contributed by atoms with van der Waals surface area (Å²) in [5.41, 5.74) is 1.82. The number of rotatable bonds is 6. The molecule has 2 aromatic rings. The Hall–Kier alpha value is -2.34. The highest BCUT2D eigenvalue weighted by Gasteiger charge is 2.48. The zero-order valence-corrected chi connectivity index (χ0v) is 16.0. The van der Waals surface area contributed by atoms with Crippen molar-refractivity contribution in [1.82, 2.24) is 15.4 Å². The summed E-state index contributed by atoms with van der Waals surface area (Å²) < 4.78 is 5.40. The molecule has 2 atom stereocenters. The molecule has 2 N–H and O–H groups in total. The van der Waals surface area contributed by atoms with Crippen LogP contribution in [0.15, 0.2) is 40.9 Å². The van der Waals surface area contributed by atoms with E-state index in [1.165, 1.54) is 0 Å². The Morgan fingerprint density at radius 1 is 1.31 bits per heavy atom. The van der Waals surface area contributed by atoms with Crippen molar-refractivity contribution in [1.29, 1.82) is 0 Å². The fraction of sp³-hybridized carbons (Fsp3) is 0.500. The van der Waals surface area contributed by atoms with Crippen LogP contribution in [0.5, 0.6) is 0 Å². The first-order chi connectivity index (χ1) is 12.3. The SMILES string of the molecule is CN(C)Cc1cc(CC2CC(NC(=O)Nc3ccccc3)C2(C)C)no1. The Balaban J connectivity index is 1.51. The number of aromatic nitrogens is 1. The van der Waals surface area contributed by atoms with Crippen LogP contribution in [-0.2, 0) is 13.0 Å². The van der Waals surface area contributed by atoms with Crippen LogP contribution in [0.25, 0.3) is 0 Å². The number of amides is 2. The van der Waals surface area contributed by atoms with Crippen LogP contribution in [0.1, 0.15) is 31.7 Å². The molecule has 1 aliphatic carbocycles. The fourth-order valence-electron chi connectivity index (χ4n) is 3.54. The van der Waals surface area contributed by atoms with Crippen LogP contribution in [-0.4, -0.2) is 36.2 Å². The molecular weight excluding hydrogens is 328 g/mol. The Morgan fingerprint density at radius 2 is 2.04 bits per heavy atom. The van der Waals surface area contributed by atoms with Crippen molar-refractivity contribution in [3.8, 4) is 0 Å². The molecule has 0 aliphatic heterocycles. The summed E-state index contributed by atoms with van der Waals surface area (Å²) >= 11 is 0. The van der Waals surface area contributed by atoms with Crippen LogP contribution in [0.3, 0.4) is 0 Å². The Kier molecular flexibility index (Phi) is 5.32. The van der Waals surface area contributed by atoms with Gasteiger partial charge < -0.3 is 20.1 Å². The quantitative estimate of drug-likeness (QED) is 0.831. The van der Waals surface area contributed by atoms with Crippen LogP contribution < -0.4 is 10.6 Å². The minimum atomic E-state index is -0.151. The molecule has 1 aromatic carbocycles. The first-order valence-electron chi connectivity index (χ1n) is 9.06. The summed E-state index contributed by atoms with van der Waals surface area (Å²) in [5, 5.41) is 10.2. The molecule has 1 aromatic heterocycles. The number of urea groups is 1. The zero-order valence-electron chi connectivity index (χ0n) is 16.0. The molecule has 1 saturated carbocycles. The largest absolute Gasteiger partial charge is 0.360 e. The topological polar surface area (TPSA) is 70.4 Å². The zero-order chi connectivity index (χ0) is 18.7. The van der Waals surface area contributed by atoms with E-state index >= 15 is 0 Å². The van der Waals surface area contributed by atoms with Crippen molar-refractivity contribution in [3.63, 3.8) is 0 Å². The lowest BCUT2D eigenvalue weighted by Crippen LogP contribution is -2.59. The van der Waals surface area contributed by atoms with Gasteiger partial charge in [0.25, 0.3) is 0 Å². The van der Waals surface area contributed by atoms with Crippen molar-refractivity contribution in [2.24, 2.45) is 11.3 Å². The van der Waals surface area contributed by atoms with Crippen LogP contribution in [0.4, 0.5) is 10.5 Å². The highest BCUT2D eigenvalue weighted by molar-refractivity contribution is 5.89. The predicted molar refractivity (Wildman–Crippen MR) is 102 cm³/mol. The monoisotopic (exact) mass is 356 g/mol. The Bertz CT molecular complexity index is 739. The first kappa shape index (κ1) is 18.5. The third kappa shape index (κ3) is 4.25. The number of nitrogens with one attached hydrogen (secondary N) is 2. The van der Waals surface area contributed by atoms with Gasteiger partial charge >= 0.3 is 6.03 Å². The summed E-state index contributed by atoms with van der Waals surface area (Å²) in [6.07, 6.45) is 1.83. The van der Waals surface area contributed by atoms with Gasteiger partial charge in [-0.05, 0) is 50.4 Å². The average Bonchev–Trinajstić information content (AvgIpc) is 3.01. The Labute approximate surface area is 154 Å². The first-order valence-corrected chi connectivity index (χ1v) is 9.06. The number of hydrogen-bond donors (Lipinski definition) is 2. The normalized spacial score (nSPS) is 21.3. The summed E-state index contributed by atoms with van der Waals surface area (Å²) in [7, 11) is 4.02. The molecule has 26 heavy (non-hydrogen) atoms. The minimum Gasteiger partial charge on any atom is -0.360 e. The molecule has 6 heteroatoms. The molecule has 0 saturated heterocycles. The lowest BCUT2D eigenvalue weighted by molar-refractivity contribution is 0.0211. The number of carbonyl (C=O) groups is 1. The maximum Gasteiger partial charge on any atom is 0.319 e. The van der Waals surface area contributed by atoms with Crippen molar-refractivity contribution >= 4 is 11.7 Å². The highest BCUT2D eigenvalue weighted by Crippen LogP contribution is 2.47. The van der Waals surface area contributed by atoms with Crippen LogP contribution in [0.2, 0.25) is 0 Å². The molecule has 1 fully saturated rings. The standard InChI is InChI=1S/C20H28N4O2/c1-20(2)14(10-16-12-17(26-23-16)13-24(3)4)11-18(20)22-19(25)21-15-8-6-5-7-9-15/h5-9,12,14,18H,10-11,13H2,1-4H3,(H2,21,22,25). The van der Waals surface area contributed by atoms with E-state index in [0.717, 1.165) is 36.5 Å². The number of benzene rings is 1. The molecule has 140 valence electrons. The van der Waals surface area contributed by atoms with E-state index in [0.29, 0.717) is 5.92 Å². The minimum absolute atomic E-state index is 0.0225. The third-order valence-corrected chi connectivity index (χ3v) is 5.34. The second-order valence-electron chi connectivity index (χ2n) is 8.00. The van der Waals surface area contributed by atoms with Gasteiger partial charge in [0.1, 0.15) is 0 Å². The smallest absolute Gasteiger partial charge is 0.319 e. The van der Waals surface area contributed by atoms with Gasteiger partial charge in [0.2, 0.25) is 0 Å². The van der Waals surface area contributed by atoms with Crippen molar-refractivity contribution in [2.75, 3.05) is 19.4 Å². The number of hydrogen-bond acceptors (Lipinski definition) is 4. The fourth-order valence-corrected chi connectivity index (χ4v) is 3.54. The summed E-state index contributed by atoms with van der Waals surface area (Å²) in [5.74, 6) is 1.36. The molecular formula is C20H28N4O2. The summed E-state index contributed by atoms with van der Waals surface area (Å²) in [6.45, 7) is 5.16. The second-order valence-corrected chi connectivity index (χ2v) is 8.00. The lowest BCUT2D eigenvalue weighted by Gasteiger charge is -2.52. The number of carbonyl (C=O) groups excluding carboxylic acids is 1. The van der Waals surface area contributed by atoms with Gasteiger partial charge in [-0.25, -0.2) is 4.79 Å². The highest BCUT2D eigenvalue weighted by atomic mass is 16.5. The van der Waals surface area contributed by atoms with Gasteiger partial charge in [-0.2, -0.15) is 0 Å². The summed E-state index contributed by atoms with van der Waals surface area (Å²) in [4.78, 5) is 14.3. The van der Waals surface area contributed by atoms with Gasteiger partial charge in [0.05, 0.1) is 12.2 Å². The average molecular weight is 356 g/mol. The van der Waals surface area contributed by atoms with E-state index in [1.807, 2.05) is 50.5 Å². The maximum atomic E-state index is 12.2. The third-order valence-electron chi connectivity index (χ3n) is 5.34. The van der Waals surface area contributed by atoms with Gasteiger partial charge in [-0.3, -0.25) is 0 Å². The molecule has 0 radical (unpaired) electrons. The van der Waals surface area contributed by atoms with Crippen molar-refractivity contribution in [3.05, 3.63) is 47.9 Å². The maximum absolute atomic E-state index is 12.2. The van der Waals surface area contributed by atoms with E-state index in [-0.39, 0.29) is 17.5 Å². The molecule has 0 bridgehead atoms. The van der Waals surface area contributed by atoms with E-state index in [9.17, 15) is 4.79 Å². The van der Waals surface area contributed by atoms with E-state index in [2.05, 4.69) is 34.5 Å². The molecule has 1 heterocycles. The summed E-state index contributed by atoms with van der Waals surface area (Å²) in [6, 6.07) is 11.5. The molecule has 2 amide bonds. The van der Waals surface area contributed by atoms with Crippen LogP contribution in [0, 0.1) is 11.3 Å².